The van der Waals surface area contributed by atoms with Crippen LogP contribution in [0, 0.1) is 0 Å². The van der Waals surface area contributed by atoms with E-state index in [1.807, 2.05) is 36.4 Å². The molecule has 0 spiro atoms. The number of nitrogens with zero attached hydrogens (tertiary/aromatic N) is 1. The highest BCUT2D eigenvalue weighted by molar-refractivity contribution is 6.36. The number of benzene rings is 2. The second kappa shape index (κ2) is 9.15. The zero-order valence-corrected chi connectivity index (χ0v) is 17.8. The van der Waals surface area contributed by atoms with E-state index in [2.05, 4.69) is 5.32 Å². The molecule has 0 atom stereocenters. The molecule has 0 saturated heterocycles. The molecule has 1 heterocycles. The third kappa shape index (κ3) is 4.73. The molecule has 1 aromatic heterocycles. The summed E-state index contributed by atoms with van der Waals surface area (Å²) in [5, 5.41) is 5.22. The summed E-state index contributed by atoms with van der Waals surface area (Å²) in [6.45, 7) is 0. The molecule has 1 amide bonds. The first kappa shape index (κ1) is 20.2. The van der Waals surface area contributed by atoms with Gasteiger partial charge in [0.1, 0.15) is 0 Å². The number of rotatable bonds is 3. The van der Waals surface area contributed by atoms with E-state index in [9.17, 15) is 4.79 Å². The van der Waals surface area contributed by atoms with Crippen LogP contribution < -0.4 is 5.32 Å². The Morgan fingerprint density at radius 3 is 2.41 bits per heavy atom. The zero-order chi connectivity index (χ0) is 20.2. The Hall–Kier alpha value is -2.10. The quantitative estimate of drug-likeness (QED) is 0.487. The van der Waals surface area contributed by atoms with Crippen LogP contribution in [0.4, 0.5) is 0 Å². The monoisotopic (exact) mass is 426 g/mol. The minimum Gasteiger partial charge on any atom is -0.349 e. The average molecular weight is 427 g/mol. The Morgan fingerprint density at radius 1 is 0.931 bits per heavy atom. The number of aromatic nitrogens is 1. The summed E-state index contributed by atoms with van der Waals surface area (Å²) in [5.74, 6) is -0.0412. The summed E-state index contributed by atoms with van der Waals surface area (Å²) in [7, 11) is 0. The fourth-order valence-corrected chi connectivity index (χ4v) is 4.57. The van der Waals surface area contributed by atoms with Crippen molar-refractivity contribution in [2.24, 2.45) is 0 Å². The Balaban J connectivity index is 1.71. The van der Waals surface area contributed by atoms with E-state index < -0.39 is 0 Å². The molecule has 1 aliphatic rings. The highest BCUT2D eigenvalue weighted by Gasteiger charge is 2.19. The largest absolute Gasteiger partial charge is 0.349 e. The van der Waals surface area contributed by atoms with Gasteiger partial charge < -0.3 is 5.32 Å². The van der Waals surface area contributed by atoms with Gasteiger partial charge in [-0.05, 0) is 43.2 Å². The van der Waals surface area contributed by atoms with E-state index in [-0.39, 0.29) is 11.9 Å². The van der Waals surface area contributed by atoms with E-state index >= 15 is 0 Å². The van der Waals surface area contributed by atoms with Gasteiger partial charge in [-0.3, -0.25) is 4.79 Å². The van der Waals surface area contributed by atoms with Gasteiger partial charge in [0, 0.05) is 22.0 Å². The van der Waals surface area contributed by atoms with Crippen molar-refractivity contribution in [1.29, 1.82) is 0 Å². The van der Waals surface area contributed by atoms with Crippen LogP contribution in [0.15, 0.2) is 48.5 Å². The molecule has 2 aromatic carbocycles. The van der Waals surface area contributed by atoms with Crippen molar-refractivity contribution in [2.45, 2.75) is 51.0 Å². The molecular formula is C24H24Cl2N2O. The smallest absolute Gasteiger partial charge is 0.252 e. The van der Waals surface area contributed by atoms with Gasteiger partial charge in [0.25, 0.3) is 5.91 Å². The molecule has 4 rings (SSSR count). The molecule has 1 N–H and O–H groups in total. The number of halogens is 2. The molecule has 1 fully saturated rings. The standard InChI is InChI=1S/C24H24Cl2N2O/c25-16-12-13-19(21(26)14-16)23-15-20(18-10-6-7-11-22(18)28-23)24(29)27-17-8-4-2-1-3-5-9-17/h6-7,10-15,17H,1-5,8-9H2,(H,27,29). The fourth-order valence-electron chi connectivity index (χ4n) is 4.06. The third-order valence-electron chi connectivity index (χ3n) is 5.61. The third-order valence-corrected chi connectivity index (χ3v) is 6.16. The topological polar surface area (TPSA) is 42.0 Å². The number of carbonyl (C=O) groups excluding carboxylic acids is 1. The van der Waals surface area contributed by atoms with Gasteiger partial charge in [-0.1, -0.05) is 73.5 Å². The van der Waals surface area contributed by atoms with Crippen LogP contribution >= 0.6 is 23.2 Å². The summed E-state index contributed by atoms with van der Waals surface area (Å²) in [6.07, 6.45) is 8.25. The van der Waals surface area contributed by atoms with Gasteiger partial charge in [0.15, 0.2) is 0 Å². The van der Waals surface area contributed by atoms with Crippen LogP contribution in [0.25, 0.3) is 22.2 Å². The lowest BCUT2D eigenvalue weighted by Gasteiger charge is -2.21. The van der Waals surface area contributed by atoms with E-state index in [0.29, 0.717) is 21.3 Å². The van der Waals surface area contributed by atoms with Gasteiger partial charge in [-0.25, -0.2) is 4.98 Å². The van der Waals surface area contributed by atoms with Crippen molar-refractivity contribution in [3.8, 4) is 11.3 Å². The lowest BCUT2D eigenvalue weighted by molar-refractivity contribution is 0.0932. The second-order valence-corrected chi connectivity index (χ2v) is 8.56. The molecule has 1 saturated carbocycles. The predicted molar refractivity (Wildman–Crippen MR) is 121 cm³/mol. The maximum absolute atomic E-state index is 13.3. The molecular weight excluding hydrogens is 403 g/mol. The molecule has 0 radical (unpaired) electrons. The van der Waals surface area contributed by atoms with Gasteiger partial charge >= 0.3 is 0 Å². The Kier molecular flexibility index (Phi) is 6.37. The lowest BCUT2D eigenvalue weighted by Crippen LogP contribution is -2.35. The van der Waals surface area contributed by atoms with Crippen LogP contribution in [0.1, 0.15) is 55.3 Å². The summed E-state index contributed by atoms with van der Waals surface area (Å²) in [5.41, 5.74) is 2.85. The highest BCUT2D eigenvalue weighted by Crippen LogP contribution is 2.32. The zero-order valence-electron chi connectivity index (χ0n) is 16.3. The number of hydrogen-bond acceptors (Lipinski definition) is 2. The Morgan fingerprint density at radius 2 is 1.66 bits per heavy atom. The van der Waals surface area contributed by atoms with Crippen molar-refractivity contribution < 1.29 is 4.79 Å². The first-order valence-corrected chi connectivity index (χ1v) is 11.0. The average Bonchev–Trinajstić information content (AvgIpc) is 2.69. The molecule has 3 nitrogen and oxygen atoms in total. The number of carbonyl (C=O) groups is 1. The molecule has 3 aromatic rings. The Labute approximate surface area is 181 Å². The van der Waals surface area contributed by atoms with Crippen molar-refractivity contribution in [3.63, 3.8) is 0 Å². The fraction of sp³-hybridized carbons (Fsp3) is 0.333. The molecule has 150 valence electrons. The number of para-hydroxylation sites is 1. The van der Waals surface area contributed by atoms with E-state index in [0.717, 1.165) is 29.3 Å². The maximum Gasteiger partial charge on any atom is 0.252 e. The van der Waals surface area contributed by atoms with Crippen LogP contribution in [-0.4, -0.2) is 16.9 Å². The van der Waals surface area contributed by atoms with Gasteiger partial charge in [0.2, 0.25) is 0 Å². The van der Waals surface area contributed by atoms with Gasteiger partial charge in [-0.15, -0.1) is 0 Å². The first-order valence-electron chi connectivity index (χ1n) is 10.3. The molecule has 5 heteroatoms. The molecule has 1 aliphatic carbocycles. The molecule has 29 heavy (non-hydrogen) atoms. The van der Waals surface area contributed by atoms with Crippen LogP contribution in [0.3, 0.4) is 0 Å². The number of fused-ring (bicyclic) bond motifs is 1. The minimum atomic E-state index is -0.0412. The number of pyridine rings is 1. The van der Waals surface area contributed by atoms with Crippen molar-refractivity contribution in [2.75, 3.05) is 0 Å². The van der Waals surface area contributed by atoms with E-state index in [1.165, 1.54) is 32.1 Å². The van der Waals surface area contributed by atoms with Crippen molar-refractivity contribution >= 4 is 40.0 Å². The maximum atomic E-state index is 13.3. The van der Waals surface area contributed by atoms with Crippen LogP contribution in [0.5, 0.6) is 0 Å². The highest BCUT2D eigenvalue weighted by atomic mass is 35.5. The molecule has 0 bridgehead atoms. The lowest BCUT2D eigenvalue weighted by atomic mass is 9.96. The Bertz CT molecular complexity index is 1030. The van der Waals surface area contributed by atoms with Gasteiger partial charge in [-0.2, -0.15) is 0 Å². The minimum absolute atomic E-state index is 0.0412. The number of amides is 1. The summed E-state index contributed by atoms with van der Waals surface area (Å²) in [6, 6.07) is 15.1. The second-order valence-electron chi connectivity index (χ2n) is 7.71. The SMILES string of the molecule is O=C(NC1CCCCCCC1)c1cc(-c2ccc(Cl)cc2Cl)nc2ccccc12. The molecule has 0 unspecified atom stereocenters. The van der Waals surface area contributed by atoms with Crippen LogP contribution in [0.2, 0.25) is 10.0 Å². The normalized spacial score (nSPS) is 15.7. The molecule has 0 aliphatic heterocycles. The summed E-state index contributed by atoms with van der Waals surface area (Å²) >= 11 is 12.5. The van der Waals surface area contributed by atoms with Crippen molar-refractivity contribution in [3.05, 3.63) is 64.1 Å². The summed E-state index contributed by atoms with van der Waals surface area (Å²) in [4.78, 5) is 18.0. The van der Waals surface area contributed by atoms with E-state index in [4.69, 9.17) is 28.2 Å². The number of hydrogen-bond donors (Lipinski definition) is 1. The van der Waals surface area contributed by atoms with E-state index in [1.54, 1.807) is 12.1 Å². The predicted octanol–water partition coefficient (Wildman–Crippen LogP) is 7.05. The van der Waals surface area contributed by atoms with Crippen LogP contribution in [-0.2, 0) is 0 Å². The first-order chi connectivity index (χ1) is 14.1. The van der Waals surface area contributed by atoms with Gasteiger partial charge in [0.05, 0.1) is 21.8 Å². The number of nitrogens with one attached hydrogen (secondary N) is 1. The summed E-state index contributed by atoms with van der Waals surface area (Å²) < 4.78 is 0. The van der Waals surface area contributed by atoms with Crippen molar-refractivity contribution in [1.82, 2.24) is 10.3 Å².